The Morgan fingerprint density at radius 2 is 2.00 bits per heavy atom. The first-order chi connectivity index (χ1) is 8.13. The van der Waals surface area contributed by atoms with Crippen LogP contribution in [0.3, 0.4) is 0 Å². The van der Waals surface area contributed by atoms with Crippen LogP contribution in [0.25, 0.3) is 0 Å². The number of carbonyl (C=O) groups excluding carboxylic acids is 1. The fraction of sp³-hybridized carbons (Fsp3) is 0.462. The van der Waals surface area contributed by atoms with Crippen molar-refractivity contribution in [2.45, 2.75) is 19.3 Å². The molecule has 2 N–H and O–H groups in total. The number of carbonyl (C=O) groups is 1. The Hall–Kier alpha value is -0.870. The van der Waals surface area contributed by atoms with Crippen LogP contribution in [0.4, 0.5) is 0 Å². The van der Waals surface area contributed by atoms with E-state index in [2.05, 4.69) is 21.2 Å². The zero-order valence-corrected chi connectivity index (χ0v) is 11.2. The van der Waals surface area contributed by atoms with Gasteiger partial charge in [0.15, 0.2) is 0 Å². The first kappa shape index (κ1) is 12.6. The summed E-state index contributed by atoms with van der Waals surface area (Å²) in [6, 6.07) is 7.72. The van der Waals surface area contributed by atoms with E-state index in [1.54, 1.807) is 0 Å². The Balaban J connectivity index is 1.79. The van der Waals surface area contributed by atoms with E-state index in [-0.39, 0.29) is 17.9 Å². The van der Waals surface area contributed by atoms with E-state index in [9.17, 15) is 4.79 Å². The molecular weight excluding hydrogens is 282 g/mol. The first-order valence-electron chi connectivity index (χ1n) is 5.76. The predicted molar refractivity (Wildman–Crippen MR) is 69.6 cm³/mol. The summed E-state index contributed by atoms with van der Waals surface area (Å²) in [6.45, 7) is 0.768. The third kappa shape index (κ3) is 3.54. The van der Waals surface area contributed by atoms with E-state index in [0.717, 1.165) is 22.9 Å². The minimum atomic E-state index is -0.0185. The maximum Gasteiger partial charge on any atom is 0.224 e. The molecule has 1 fully saturated rings. The summed E-state index contributed by atoms with van der Waals surface area (Å²) in [5, 5.41) is 12.0. The van der Waals surface area contributed by atoms with Crippen molar-refractivity contribution in [3.05, 3.63) is 34.3 Å². The maximum absolute atomic E-state index is 11.7. The molecular formula is C13H16BrNO2. The number of aliphatic hydroxyl groups is 1. The average Bonchev–Trinajstić information content (AvgIpc) is 3.10. The van der Waals surface area contributed by atoms with Gasteiger partial charge in [0, 0.05) is 16.4 Å². The van der Waals surface area contributed by atoms with Crippen molar-refractivity contribution in [1.29, 1.82) is 0 Å². The van der Waals surface area contributed by atoms with Gasteiger partial charge in [0.1, 0.15) is 0 Å². The lowest BCUT2D eigenvalue weighted by atomic mass is 10.1. The molecule has 0 heterocycles. The smallest absolute Gasteiger partial charge is 0.224 e. The monoisotopic (exact) mass is 297 g/mol. The quantitative estimate of drug-likeness (QED) is 0.872. The number of benzene rings is 1. The fourth-order valence-electron chi connectivity index (χ4n) is 1.70. The molecule has 1 amide bonds. The molecule has 0 bridgehead atoms. The summed E-state index contributed by atoms with van der Waals surface area (Å²) >= 11 is 3.36. The molecule has 0 radical (unpaired) electrons. The van der Waals surface area contributed by atoms with E-state index < -0.39 is 0 Å². The molecule has 4 heteroatoms. The first-order valence-corrected chi connectivity index (χ1v) is 6.55. The molecule has 1 aliphatic rings. The summed E-state index contributed by atoms with van der Waals surface area (Å²) in [4.78, 5) is 11.7. The zero-order valence-electron chi connectivity index (χ0n) is 9.58. The van der Waals surface area contributed by atoms with Crippen LogP contribution in [0.15, 0.2) is 28.7 Å². The summed E-state index contributed by atoms with van der Waals surface area (Å²) in [7, 11) is 0. The molecule has 0 atom stereocenters. The van der Waals surface area contributed by atoms with E-state index in [1.807, 2.05) is 24.3 Å². The van der Waals surface area contributed by atoms with Crippen LogP contribution in [0, 0.1) is 5.41 Å². The van der Waals surface area contributed by atoms with Gasteiger partial charge in [0.25, 0.3) is 0 Å². The van der Waals surface area contributed by atoms with Gasteiger partial charge in [0.05, 0.1) is 13.0 Å². The number of halogens is 1. The van der Waals surface area contributed by atoms with Crippen molar-refractivity contribution >= 4 is 21.8 Å². The highest BCUT2D eigenvalue weighted by Crippen LogP contribution is 2.44. The molecule has 0 unspecified atom stereocenters. The van der Waals surface area contributed by atoms with Crippen molar-refractivity contribution in [2.75, 3.05) is 13.2 Å². The third-order valence-corrected chi connectivity index (χ3v) is 3.76. The van der Waals surface area contributed by atoms with Gasteiger partial charge in [0.2, 0.25) is 5.91 Å². The van der Waals surface area contributed by atoms with Crippen LogP contribution in [-0.2, 0) is 11.2 Å². The third-order valence-electron chi connectivity index (χ3n) is 3.23. The molecule has 1 saturated carbocycles. The summed E-state index contributed by atoms with van der Waals surface area (Å²) in [5.41, 5.74) is 0.981. The van der Waals surface area contributed by atoms with Gasteiger partial charge in [-0.15, -0.1) is 0 Å². The van der Waals surface area contributed by atoms with Gasteiger partial charge in [-0.3, -0.25) is 4.79 Å². The molecule has 3 nitrogen and oxygen atoms in total. The van der Waals surface area contributed by atoms with Crippen molar-refractivity contribution < 1.29 is 9.90 Å². The second-order valence-corrected chi connectivity index (χ2v) is 5.65. The predicted octanol–water partition coefficient (Wildman–Crippen LogP) is 1.88. The largest absolute Gasteiger partial charge is 0.396 e. The van der Waals surface area contributed by atoms with Crippen LogP contribution in [0.2, 0.25) is 0 Å². The van der Waals surface area contributed by atoms with Gasteiger partial charge >= 0.3 is 0 Å². The van der Waals surface area contributed by atoms with Gasteiger partial charge in [-0.1, -0.05) is 28.1 Å². The molecule has 92 valence electrons. The maximum atomic E-state index is 11.7. The standard InChI is InChI=1S/C13H16BrNO2/c14-11-3-1-10(2-4-11)7-12(17)15-8-13(9-16)5-6-13/h1-4,16H,5-9H2,(H,15,17). The molecule has 1 aromatic carbocycles. The van der Waals surface area contributed by atoms with Crippen LogP contribution >= 0.6 is 15.9 Å². The normalized spacial score (nSPS) is 16.6. The van der Waals surface area contributed by atoms with Crippen molar-refractivity contribution in [1.82, 2.24) is 5.32 Å². The Morgan fingerprint density at radius 1 is 1.35 bits per heavy atom. The number of nitrogens with one attached hydrogen (secondary N) is 1. The van der Waals surface area contributed by atoms with Crippen LogP contribution in [0.5, 0.6) is 0 Å². The topological polar surface area (TPSA) is 49.3 Å². The molecule has 0 aromatic heterocycles. The highest BCUT2D eigenvalue weighted by molar-refractivity contribution is 9.10. The Bertz CT molecular complexity index is 398. The minimum absolute atomic E-state index is 0.0185. The fourth-order valence-corrected chi connectivity index (χ4v) is 1.97. The Morgan fingerprint density at radius 3 is 2.53 bits per heavy atom. The summed E-state index contributed by atoms with van der Waals surface area (Å²) in [6.07, 6.45) is 2.43. The van der Waals surface area contributed by atoms with Crippen LogP contribution in [-0.4, -0.2) is 24.2 Å². The number of amides is 1. The van der Waals surface area contributed by atoms with E-state index >= 15 is 0 Å². The minimum Gasteiger partial charge on any atom is -0.396 e. The zero-order chi connectivity index (χ0) is 12.3. The lowest BCUT2D eigenvalue weighted by Crippen LogP contribution is -2.32. The average molecular weight is 298 g/mol. The number of hydrogen-bond acceptors (Lipinski definition) is 2. The van der Waals surface area contributed by atoms with E-state index in [4.69, 9.17) is 5.11 Å². The second-order valence-electron chi connectivity index (χ2n) is 4.74. The van der Waals surface area contributed by atoms with Crippen molar-refractivity contribution in [3.63, 3.8) is 0 Å². The molecule has 2 rings (SSSR count). The van der Waals surface area contributed by atoms with Gasteiger partial charge in [-0.25, -0.2) is 0 Å². The molecule has 1 aliphatic carbocycles. The van der Waals surface area contributed by atoms with Crippen molar-refractivity contribution in [2.24, 2.45) is 5.41 Å². The van der Waals surface area contributed by atoms with Crippen molar-refractivity contribution in [3.8, 4) is 0 Å². The molecule has 0 aliphatic heterocycles. The molecule has 17 heavy (non-hydrogen) atoms. The highest BCUT2D eigenvalue weighted by Gasteiger charge is 2.41. The van der Waals surface area contributed by atoms with Gasteiger partial charge in [-0.05, 0) is 30.5 Å². The number of hydrogen-bond donors (Lipinski definition) is 2. The molecule has 1 aromatic rings. The number of aliphatic hydroxyl groups excluding tert-OH is 1. The Kier molecular flexibility index (Phi) is 3.84. The summed E-state index contributed by atoms with van der Waals surface area (Å²) in [5.74, 6) is 0.0204. The summed E-state index contributed by atoms with van der Waals surface area (Å²) < 4.78 is 1.01. The highest BCUT2D eigenvalue weighted by atomic mass is 79.9. The molecule has 0 spiro atoms. The lowest BCUT2D eigenvalue weighted by molar-refractivity contribution is -0.120. The SMILES string of the molecule is O=C(Cc1ccc(Br)cc1)NCC1(CO)CC1. The van der Waals surface area contributed by atoms with Crippen LogP contribution in [0.1, 0.15) is 18.4 Å². The number of rotatable bonds is 5. The van der Waals surface area contributed by atoms with Crippen LogP contribution < -0.4 is 5.32 Å². The van der Waals surface area contributed by atoms with Gasteiger partial charge < -0.3 is 10.4 Å². The lowest BCUT2D eigenvalue weighted by Gasteiger charge is -2.12. The molecule has 0 saturated heterocycles. The Labute approximate surface area is 109 Å². The van der Waals surface area contributed by atoms with E-state index in [0.29, 0.717) is 13.0 Å². The van der Waals surface area contributed by atoms with Gasteiger partial charge in [-0.2, -0.15) is 0 Å². The second kappa shape index (κ2) is 5.19. The van der Waals surface area contributed by atoms with E-state index in [1.165, 1.54) is 0 Å².